The average Bonchev–Trinajstić information content (AvgIpc) is 2.72. The minimum absolute atomic E-state index is 0.0220. The molecule has 0 aliphatic heterocycles. The molecule has 1 aromatic carbocycles. The van der Waals surface area contributed by atoms with Crippen LogP contribution in [-0.4, -0.2) is 14.6 Å². The highest BCUT2D eigenvalue weighted by molar-refractivity contribution is 7.23. The SMILES string of the molecule is CCc1nnc2sc3ccccc3c(=O)n12. The average molecular weight is 231 g/mol. The highest BCUT2D eigenvalue weighted by Gasteiger charge is 2.10. The molecular formula is C11H9N3OS. The maximum atomic E-state index is 12.2. The minimum Gasteiger partial charge on any atom is -0.268 e. The number of hydrogen-bond acceptors (Lipinski definition) is 4. The first kappa shape index (κ1) is 9.47. The molecule has 0 aliphatic rings. The van der Waals surface area contributed by atoms with E-state index in [9.17, 15) is 4.79 Å². The number of aryl methyl sites for hydroxylation is 1. The van der Waals surface area contributed by atoms with Crippen molar-refractivity contribution < 1.29 is 0 Å². The van der Waals surface area contributed by atoms with Crippen LogP contribution >= 0.6 is 11.3 Å². The van der Waals surface area contributed by atoms with Gasteiger partial charge < -0.3 is 0 Å². The number of hydrogen-bond donors (Lipinski definition) is 0. The van der Waals surface area contributed by atoms with E-state index < -0.39 is 0 Å². The number of benzene rings is 1. The Bertz CT molecular complexity index is 729. The Morgan fingerprint density at radius 1 is 1.31 bits per heavy atom. The Balaban J connectivity index is 2.59. The van der Waals surface area contributed by atoms with E-state index in [4.69, 9.17) is 0 Å². The van der Waals surface area contributed by atoms with Crippen molar-refractivity contribution in [2.75, 3.05) is 0 Å². The van der Waals surface area contributed by atoms with Crippen molar-refractivity contribution in [1.82, 2.24) is 14.6 Å². The molecule has 0 spiro atoms. The second-order valence-corrected chi connectivity index (χ2v) is 4.50. The molecule has 0 saturated heterocycles. The molecule has 4 nitrogen and oxygen atoms in total. The second-order valence-electron chi connectivity index (χ2n) is 3.49. The molecule has 3 rings (SSSR count). The van der Waals surface area contributed by atoms with Crippen molar-refractivity contribution in [2.24, 2.45) is 0 Å². The van der Waals surface area contributed by atoms with Gasteiger partial charge >= 0.3 is 0 Å². The van der Waals surface area contributed by atoms with Crippen molar-refractivity contribution >= 4 is 26.4 Å². The molecule has 2 aromatic heterocycles. The Morgan fingerprint density at radius 3 is 2.94 bits per heavy atom. The predicted octanol–water partition coefficient (Wildman–Crippen LogP) is 1.87. The lowest BCUT2D eigenvalue weighted by Gasteiger charge is -1.98. The van der Waals surface area contributed by atoms with Crippen LogP contribution in [0.5, 0.6) is 0 Å². The zero-order valence-electron chi connectivity index (χ0n) is 8.67. The summed E-state index contributed by atoms with van der Waals surface area (Å²) in [4.78, 5) is 12.9. The van der Waals surface area contributed by atoms with E-state index in [1.807, 2.05) is 31.2 Å². The molecule has 0 radical (unpaired) electrons. The lowest BCUT2D eigenvalue weighted by Crippen LogP contribution is -2.14. The molecule has 0 saturated carbocycles. The summed E-state index contributed by atoms with van der Waals surface area (Å²) in [7, 11) is 0. The molecule has 0 bridgehead atoms. The maximum absolute atomic E-state index is 12.2. The van der Waals surface area contributed by atoms with Crippen LogP contribution in [0.1, 0.15) is 12.7 Å². The molecule has 0 atom stereocenters. The van der Waals surface area contributed by atoms with E-state index >= 15 is 0 Å². The van der Waals surface area contributed by atoms with Crippen LogP contribution in [-0.2, 0) is 6.42 Å². The van der Waals surface area contributed by atoms with E-state index in [1.54, 1.807) is 4.40 Å². The quantitative estimate of drug-likeness (QED) is 0.642. The van der Waals surface area contributed by atoms with Crippen molar-refractivity contribution in [3.05, 3.63) is 40.4 Å². The van der Waals surface area contributed by atoms with Gasteiger partial charge in [-0.2, -0.15) is 0 Å². The van der Waals surface area contributed by atoms with Gasteiger partial charge in [-0.05, 0) is 12.1 Å². The molecule has 0 unspecified atom stereocenters. The van der Waals surface area contributed by atoms with Gasteiger partial charge in [0.15, 0.2) is 0 Å². The molecule has 3 aromatic rings. The summed E-state index contributed by atoms with van der Waals surface area (Å²) < 4.78 is 2.56. The monoisotopic (exact) mass is 231 g/mol. The smallest absolute Gasteiger partial charge is 0.267 e. The van der Waals surface area contributed by atoms with Gasteiger partial charge in [0, 0.05) is 11.1 Å². The summed E-state index contributed by atoms with van der Waals surface area (Å²) in [5.74, 6) is 0.724. The van der Waals surface area contributed by atoms with Crippen LogP contribution in [0.15, 0.2) is 29.1 Å². The van der Waals surface area contributed by atoms with E-state index in [-0.39, 0.29) is 5.56 Å². The highest BCUT2D eigenvalue weighted by atomic mass is 32.1. The third kappa shape index (κ3) is 1.18. The van der Waals surface area contributed by atoms with E-state index in [0.29, 0.717) is 11.4 Å². The summed E-state index contributed by atoms with van der Waals surface area (Å²) >= 11 is 1.49. The molecule has 0 N–H and O–H groups in total. The van der Waals surface area contributed by atoms with Gasteiger partial charge in [0.25, 0.3) is 5.56 Å². The predicted molar refractivity (Wildman–Crippen MR) is 64.0 cm³/mol. The van der Waals surface area contributed by atoms with Gasteiger partial charge in [-0.3, -0.25) is 4.79 Å². The molecule has 0 fully saturated rings. The number of nitrogens with zero attached hydrogens (tertiary/aromatic N) is 3. The summed E-state index contributed by atoms with van der Waals surface area (Å²) in [5, 5.41) is 8.78. The third-order valence-corrected chi connectivity index (χ3v) is 3.56. The Labute approximate surface area is 95.2 Å². The molecular weight excluding hydrogens is 222 g/mol. The fraction of sp³-hybridized carbons (Fsp3) is 0.182. The summed E-state index contributed by atoms with van der Waals surface area (Å²) in [6, 6.07) is 7.57. The third-order valence-electron chi connectivity index (χ3n) is 2.54. The van der Waals surface area contributed by atoms with Crippen LogP contribution in [0.25, 0.3) is 15.0 Å². The molecule has 2 heterocycles. The first-order chi connectivity index (χ1) is 7.81. The topological polar surface area (TPSA) is 47.3 Å². The molecule has 80 valence electrons. The Hall–Kier alpha value is -1.75. The Morgan fingerprint density at radius 2 is 2.12 bits per heavy atom. The normalized spacial score (nSPS) is 11.3. The first-order valence-electron chi connectivity index (χ1n) is 5.07. The maximum Gasteiger partial charge on any atom is 0.267 e. The van der Waals surface area contributed by atoms with Gasteiger partial charge in [0.05, 0.1) is 5.39 Å². The lowest BCUT2D eigenvalue weighted by molar-refractivity contribution is 0.899. The van der Waals surface area contributed by atoms with Gasteiger partial charge in [-0.25, -0.2) is 4.40 Å². The second kappa shape index (κ2) is 3.38. The first-order valence-corrected chi connectivity index (χ1v) is 5.88. The van der Waals surface area contributed by atoms with Crippen LogP contribution in [0.3, 0.4) is 0 Å². The number of rotatable bonds is 1. The van der Waals surface area contributed by atoms with E-state index in [0.717, 1.165) is 15.9 Å². The van der Waals surface area contributed by atoms with Gasteiger partial charge in [-0.1, -0.05) is 30.4 Å². The van der Waals surface area contributed by atoms with E-state index in [2.05, 4.69) is 10.2 Å². The van der Waals surface area contributed by atoms with Crippen molar-refractivity contribution in [3.63, 3.8) is 0 Å². The number of aromatic nitrogens is 3. The zero-order valence-corrected chi connectivity index (χ0v) is 9.49. The van der Waals surface area contributed by atoms with Crippen molar-refractivity contribution in [2.45, 2.75) is 13.3 Å². The van der Waals surface area contributed by atoms with Crippen molar-refractivity contribution in [1.29, 1.82) is 0 Å². The van der Waals surface area contributed by atoms with Crippen LogP contribution in [0, 0.1) is 0 Å². The van der Waals surface area contributed by atoms with E-state index in [1.165, 1.54) is 11.3 Å². The highest BCUT2D eigenvalue weighted by Crippen LogP contribution is 2.18. The zero-order chi connectivity index (χ0) is 11.1. The lowest BCUT2D eigenvalue weighted by atomic mass is 10.3. The van der Waals surface area contributed by atoms with Gasteiger partial charge in [-0.15, -0.1) is 10.2 Å². The molecule has 0 amide bonds. The minimum atomic E-state index is -0.0220. The van der Waals surface area contributed by atoms with Crippen LogP contribution in [0.4, 0.5) is 0 Å². The van der Waals surface area contributed by atoms with Crippen molar-refractivity contribution in [3.8, 4) is 0 Å². The fourth-order valence-electron chi connectivity index (χ4n) is 1.75. The summed E-state index contributed by atoms with van der Waals surface area (Å²) in [5.41, 5.74) is -0.0220. The Kier molecular flexibility index (Phi) is 2.00. The summed E-state index contributed by atoms with van der Waals surface area (Å²) in [6.45, 7) is 1.97. The number of fused-ring (bicyclic) bond motifs is 2. The standard InChI is InChI=1S/C11H9N3OS/c1-2-9-12-13-11-14(9)10(15)7-5-3-4-6-8(7)16-11/h3-6H,2H2,1H3. The fourth-order valence-corrected chi connectivity index (χ4v) is 2.72. The van der Waals surface area contributed by atoms with Crippen LogP contribution in [0.2, 0.25) is 0 Å². The largest absolute Gasteiger partial charge is 0.268 e. The van der Waals surface area contributed by atoms with Gasteiger partial charge in [0.2, 0.25) is 4.96 Å². The van der Waals surface area contributed by atoms with Gasteiger partial charge in [0.1, 0.15) is 5.82 Å². The molecule has 0 aliphatic carbocycles. The molecule has 16 heavy (non-hydrogen) atoms. The summed E-state index contributed by atoms with van der Waals surface area (Å²) in [6.07, 6.45) is 0.710. The van der Waals surface area contributed by atoms with Crippen LogP contribution < -0.4 is 5.56 Å². The molecule has 5 heteroatoms.